The molecule has 38 heavy (non-hydrogen) atoms. The third-order valence-electron chi connectivity index (χ3n) is 7.81. The van der Waals surface area contributed by atoms with Crippen molar-refractivity contribution in [3.8, 4) is 11.5 Å². The van der Waals surface area contributed by atoms with Crippen LogP contribution in [0.2, 0.25) is 0 Å². The monoisotopic (exact) mass is 532 g/mol. The number of hydrogen-bond acceptors (Lipinski definition) is 6. The predicted octanol–water partition coefficient (Wildman–Crippen LogP) is 3.43. The number of methoxy groups -OCH3 is 2. The van der Waals surface area contributed by atoms with Crippen molar-refractivity contribution >= 4 is 23.2 Å². The summed E-state index contributed by atoms with van der Waals surface area (Å²) in [5, 5.41) is 2.97. The molecule has 0 aromatic heterocycles. The van der Waals surface area contributed by atoms with Crippen molar-refractivity contribution in [1.29, 1.82) is 0 Å². The average Bonchev–Trinajstić information content (AvgIpc) is 3.41. The predicted molar refractivity (Wildman–Crippen MR) is 136 cm³/mol. The number of fused-ring (bicyclic) bond motifs is 1. The summed E-state index contributed by atoms with van der Waals surface area (Å²) in [6.07, 6.45) is -4.59. The molecule has 204 valence electrons. The molecule has 3 atom stereocenters. The zero-order chi connectivity index (χ0) is 27.2. The van der Waals surface area contributed by atoms with Gasteiger partial charge in [-0.3, -0.25) is 9.59 Å². The Morgan fingerprint density at radius 2 is 1.63 bits per heavy atom. The smallest absolute Gasteiger partial charge is 0.416 e. The molecule has 1 aliphatic carbocycles. The maximum atomic E-state index is 13.3. The molecule has 0 spiro atoms. The molecule has 0 bridgehead atoms. The molecule has 2 heterocycles. The van der Waals surface area contributed by atoms with Crippen LogP contribution >= 0.6 is 0 Å². The summed E-state index contributed by atoms with van der Waals surface area (Å²) >= 11 is 0. The first-order valence-corrected chi connectivity index (χ1v) is 12.6. The van der Waals surface area contributed by atoms with E-state index in [9.17, 15) is 22.8 Å². The number of nitrogens with zero attached hydrogens (tertiary/aromatic N) is 3. The third-order valence-corrected chi connectivity index (χ3v) is 7.81. The van der Waals surface area contributed by atoms with E-state index in [1.807, 2.05) is 18.2 Å². The lowest BCUT2D eigenvalue weighted by atomic mass is 10.1. The SMILES string of the molecule is COc1cc(C(=O)N2C[C@@H]3C(C(=O)Nc4ccc(N5CCN(C)CC5)cc4OC)[C@@H]3C2)cc(C(F)(F)F)c1. The number of nitrogens with one attached hydrogen (secondary N) is 1. The van der Waals surface area contributed by atoms with Crippen molar-refractivity contribution in [3.05, 3.63) is 47.5 Å². The van der Waals surface area contributed by atoms with E-state index in [0.717, 1.165) is 44.0 Å². The largest absolute Gasteiger partial charge is 0.497 e. The molecule has 1 saturated carbocycles. The van der Waals surface area contributed by atoms with Gasteiger partial charge in [-0.2, -0.15) is 13.2 Å². The highest BCUT2D eigenvalue weighted by Gasteiger charge is 2.60. The lowest BCUT2D eigenvalue weighted by molar-refractivity contribution is -0.137. The zero-order valence-electron chi connectivity index (χ0n) is 21.5. The van der Waals surface area contributed by atoms with Crippen LogP contribution in [0.5, 0.6) is 11.5 Å². The van der Waals surface area contributed by atoms with E-state index in [1.165, 1.54) is 18.1 Å². The van der Waals surface area contributed by atoms with Crippen LogP contribution in [0.4, 0.5) is 24.5 Å². The Labute approximate surface area is 219 Å². The fraction of sp³-hybridized carbons (Fsp3) is 0.481. The summed E-state index contributed by atoms with van der Waals surface area (Å²) in [5.74, 6) is -0.393. The number of hydrogen-bond donors (Lipinski definition) is 1. The molecule has 0 radical (unpaired) electrons. The van der Waals surface area contributed by atoms with E-state index in [2.05, 4.69) is 22.2 Å². The van der Waals surface area contributed by atoms with Gasteiger partial charge in [0.15, 0.2) is 0 Å². The van der Waals surface area contributed by atoms with Gasteiger partial charge in [0, 0.05) is 62.5 Å². The first kappa shape index (κ1) is 26.1. The summed E-state index contributed by atoms with van der Waals surface area (Å²) in [7, 11) is 4.92. The number of benzene rings is 2. The van der Waals surface area contributed by atoms with Gasteiger partial charge in [-0.1, -0.05) is 0 Å². The first-order valence-electron chi connectivity index (χ1n) is 12.6. The Bertz CT molecular complexity index is 1220. The average molecular weight is 533 g/mol. The van der Waals surface area contributed by atoms with E-state index in [0.29, 0.717) is 24.5 Å². The van der Waals surface area contributed by atoms with E-state index >= 15 is 0 Å². The number of piperazine rings is 1. The number of amides is 2. The van der Waals surface area contributed by atoms with E-state index in [4.69, 9.17) is 9.47 Å². The summed E-state index contributed by atoms with van der Waals surface area (Å²) in [6, 6.07) is 8.77. The number of likely N-dealkylation sites (tertiary alicyclic amines) is 1. The van der Waals surface area contributed by atoms with Crippen LogP contribution < -0.4 is 19.7 Å². The first-order chi connectivity index (χ1) is 18.1. The van der Waals surface area contributed by atoms with Crippen molar-refractivity contribution in [2.75, 3.05) is 70.8 Å². The lowest BCUT2D eigenvalue weighted by Crippen LogP contribution is -2.44. The maximum Gasteiger partial charge on any atom is 0.416 e. The van der Waals surface area contributed by atoms with Crippen LogP contribution in [0.3, 0.4) is 0 Å². The normalized spacial score (nSPS) is 23.2. The van der Waals surface area contributed by atoms with Gasteiger partial charge in [-0.15, -0.1) is 0 Å². The van der Waals surface area contributed by atoms with E-state index in [-0.39, 0.29) is 35.0 Å². The number of carbonyl (C=O) groups is 2. The van der Waals surface area contributed by atoms with Gasteiger partial charge in [-0.05, 0) is 49.2 Å². The summed E-state index contributed by atoms with van der Waals surface area (Å²) < 4.78 is 50.3. The Morgan fingerprint density at radius 1 is 0.947 bits per heavy atom. The number of halogens is 3. The van der Waals surface area contributed by atoms with Gasteiger partial charge in [0.25, 0.3) is 5.91 Å². The van der Waals surface area contributed by atoms with Gasteiger partial charge >= 0.3 is 6.18 Å². The van der Waals surface area contributed by atoms with Crippen LogP contribution in [-0.2, 0) is 11.0 Å². The highest BCUT2D eigenvalue weighted by Crippen LogP contribution is 2.52. The van der Waals surface area contributed by atoms with Crippen molar-refractivity contribution < 1.29 is 32.2 Å². The van der Waals surface area contributed by atoms with Crippen LogP contribution in [0, 0.1) is 17.8 Å². The number of piperidine rings is 1. The van der Waals surface area contributed by atoms with E-state index in [1.54, 1.807) is 7.11 Å². The quantitative estimate of drug-likeness (QED) is 0.615. The van der Waals surface area contributed by atoms with Crippen LogP contribution in [0.15, 0.2) is 36.4 Å². The molecule has 2 amide bonds. The second-order valence-corrected chi connectivity index (χ2v) is 10.2. The molecule has 2 aromatic carbocycles. The van der Waals surface area contributed by atoms with Gasteiger partial charge < -0.3 is 29.5 Å². The number of likely N-dealkylation sites (N-methyl/N-ethyl adjacent to an activating group) is 1. The Hall–Kier alpha value is -3.47. The van der Waals surface area contributed by atoms with E-state index < -0.39 is 17.6 Å². The van der Waals surface area contributed by atoms with Gasteiger partial charge in [0.2, 0.25) is 5.91 Å². The van der Waals surface area contributed by atoms with Gasteiger partial charge in [0.1, 0.15) is 11.5 Å². The van der Waals surface area contributed by atoms with Crippen molar-refractivity contribution in [3.63, 3.8) is 0 Å². The summed E-state index contributed by atoms with van der Waals surface area (Å²) in [4.78, 5) is 32.1. The van der Waals surface area contributed by atoms with Crippen LogP contribution in [-0.4, -0.2) is 82.1 Å². The highest BCUT2D eigenvalue weighted by molar-refractivity contribution is 5.98. The fourth-order valence-corrected chi connectivity index (χ4v) is 5.53. The molecule has 3 aliphatic rings. The second kappa shape index (κ2) is 10.0. The number of ether oxygens (including phenoxy) is 2. The molecule has 2 saturated heterocycles. The number of carbonyl (C=O) groups excluding carboxylic acids is 2. The Kier molecular flexibility index (Phi) is 6.89. The lowest BCUT2D eigenvalue weighted by Gasteiger charge is -2.34. The number of rotatable bonds is 6. The minimum atomic E-state index is -4.59. The minimum Gasteiger partial charge on any atom is -0.497 e. The molecule has 8 nitrogen and oxygen atoms in total. The van der Waals surface area contributed by atoms with Gasteiger partial charge in [0.05, 0.1) is 25.5 Å². The van der Waals surface area contributed by atoms with Crippen molar-refractivity contribution in [2.24, 2.45) is 17.8 Å². The summed E-state index contributed by atoms with van der Waals surface area (Å²) in [5.41, 5.74) is 0.611. The molecule has 2 aromatic rings. The molecule has 11 heteroatoms. The number of alkyl halides is 3. The van der Waals surface area contributed by atoms with Crippen LogP contribution in [0.25, 0.3) is 0 Å². The standard InChI is InChI=1S/C27H31F3N4O4/c1-32-6-8-33(9-7-32)18-4-5-22(23(13-18)38-3)31-25(35)24-20-14-34(15-21(20)24)26(36)16-10-17(27(28,29)30)12-19(11-16)37-2/h4-5,10-13,20-21,24H,6-9,14-15H2,1-3H3,(H,31,35)/t20-,21+,24?. The van der Waals surface area contributed by atoms with Crippen molar-refractivity contribution in [1.82, 2.24) is 9.80 Å². The minimum absolute atomic E-state index is 0.0257. The maximum absolute atomic E-state index is 13.3. The zero-order valence-corrected chi connectivity index (χ0v) is 21.5. The van der Waals surface area contributed by atoms with Crippen LogP contribution in [0.1, 0.15) is 15.9 Å². The third kappa shape index (κ3) is 5.11. The fourth-order valence-electron chi connectivity index (χ4n) is 5.53. The Morgan fingerprint density at radius 3 is 2.24 bits per heavy atom. The molecule has 2 aliphatic heterocycles. The molecule has 1 unspecified atom stereocenters. The van der Waals surface area contributed by atoms with Crippen molar-refractivity contribution in [2.45, 2.75) is 6.18 Å². The molecule has 5 rings (SSSR count). The highest BCUT2D eigenvalue weighted by atomic mass is 19.4. The molecule has 3 fully saturated rings. The molecular weight excluding hydrogens is 501 g/mol. The Balaban J connectivity index is 1.21. The van der Waals surface area contributed by atoms with Gasteiger partial charge in [-0.25, -0.2) is 0 Å². The molecular formula is C27H31F3N4O4. The molecule has 1 N–H and O–H groups in total. The second-order valence-electron chi connectivity index (χ2n) is 10.2. The summed E-state index contributed by atoms with van der Waals surface area (Å²) in [6.45, 7) is 4.43. The topological polar surface area (TPSA) is 74.4 Å². The number of anilines is 2.